The van der Waals surface area contributed by atoms with Crippen LogP contribution in [0.3, 0.4) is 0 Å². The van der Waals surface area contributed by atoms with E-state index >= 15 is 0 Å². The van der Waals surface area contributed by atoms with Crippen LogP contribution in [0.15, 0.2) is 30.5 Å². The van der Waals surface area contributed by atoms with Gasteiger partial charge in [0.2, 0.25) is 0 Å². The van der Waals surface area contributed by atoms with E-state index < -0.39 is 0 Å². The highest BCUT2D eigenvalue weighted by Gasteiger charge is 2.10. The van der Waals surface area contributed by atoms with Gasteiger partial charge in [0, 0.05) is 18.8 Å². The minimum absolute atomic E-state index is 0.185. The summed E-state index contributed by atoms with van der Waals surface area (Å²) in [6.45, 7) is 8.11. The molecule has 0 aliphatic heterocycles. The summed E-state index contributed by atoms with van der Waals surface area (Å²) in [4.78, 5) is 0. The van der Waals surface area contributed by atoms with Gasteiger partial charge in [0.15, 0.2) is 0 Å². The summed E-state index contributed by atoms with van der Waals surface area (Å²) in [6.07, 6.45) is 1.67. The molecule has 0 aliphatic carbocycles. The Kier molecular flexibility index (Phi) is 5.08. The van der Waals surface area contributed by atoms with Gasteiger partial charge >= 0.3 is 0 Å². The number of nitrogens with zero attached hydrogens (tertiary/aromatic N) is 2. The molecule has 0 amide bonds. The van der Waals surface area contributed by atoms with Gasteiger partial charge in [-0.15, -0.1) is 0 Å². The number of hydrogen-bond donors (Lipinski definition) is 0. The minimum atomic E-state index is -0.185. The van der Waals surface area contributed by atoms with E-state index in [2.05, 4.69) is 18.9 Å². The van der Waals surface area contributed by atoms with E-state index in [1.807, 2.05) is 39.1 Å². The van der Waals surface area contributed by atoms with Crippen LogP contribution in [0.1, 0.15) is 39.2 Å². The van der Waals surface area contributed by atoms with Crippen molar-refractivity contribution in [3.05, 3.63) is 41.8 Å². The average molecular weight is 248 g/mol. The van der Waals surface area contributed by atoms with Gasteiger partial charge in [0.05, 0.1) is 5.69 Å². The topological polar surface area (TPSA) is 17.8 Å². The Bertz CT molecular complexity index is 501. The zero-order valence-electron chi connectivity index (χ0n) is 11.7. The van der Waals surface area contributed by atoms with E-state index in [1.165, 1.54) is 0 Å². The van der Waals surface area contributed by atoms with Crippen LogP contribution in [-0.2, 0) is 7.05 Å². The third-order valence-corrected chi connectivity index (χ3v) is 2.76. The maximum Gasteiger partial charge on any atom is 0.132 e. The van der Waals surface area contributed by atoms with E-state index in [9.17, 15) is 4.39 Å². The van der Waals surface area contributed by atoms with Crippen LogP contribution >= 0.6 is 0 Å². The zero-order chi connectivity index (χ0) is 13.7. The minimum Gasteiger partial charge on any atom is -0.268 e. The third kappa shape index (κ3) is 2.97. The molecule has 2 aromatic rings. The fraction of sp³-hybridized carbons (Fsp3) is 0.400. The molecular formula is C15H21FN2. The smallest absolute Gasteiger partial charge is 0.132 e. The first-order valence-corrected chi connectivity index (χ1v) is 6.37. The Morgan fingerprint density at radius 3 is 2.28 bits per heavy atom. The van der Waals surface area contributed by atoms with Gasteiger partial charge in [-0.05, 0) is 29.7 Å². The molecule has 3 heteroatoms. The van der Waals surface area contributed by atoms with Crippen LogP contribution in [0.4, 0.5) is 4.39 Å². The Balaban J connectivity index is 0.000000771. The maximum atomic E-state index is 13.9. The van der Waals surface area contributed by atoms with E-state index in [-0.39, 0.29) is 5.82 Å². The lowest BCUT2D eigenvalue weighted by atomic mass is 10.0. The van der Waals surface area contributed by atoms with E-state index in [0.29, 0.717) is 11.5 Å². The summed E-state index contributed by atoms with van der Waals surface area (Å²) in [5.41, 5.74) is 2.42. The molecule has 1 aromatic carbocycles. The molecule has 0 radical (unpaired) electrons. The van der Waals surface area contributed by atoms with E-state index in [0.717, 1.165) is 11.3 Å². The van der Waals surface area contributed by atoms with Crippen molar-refractivity contribution in [3.8, 4) is 11.3 Å². The monoisotopic (exact) mass is 248 g/mol. The molecule has 2 rings (SSSR count). The fourth-order valence-corrected chi connectivity index (χ4v) is 1.74. The molecule has 18 heavy (non-hydrogen) atoms. The van der Waals surface area contributed by atoms with Crippen molar-refractivity contribution >= 4 is 0 Å². The molecule has 0 saturated carbocycles. The molecule has 1 aromatic heterocycles. The highest BCUT2D eigenvalue weighted by Crippen LogP contribution is 2.25. The second kappa shape index (κ2) is 6.34. The van der Waals surface area contributed by atoms with Gasteiger partial charge in [-0.25, -0.2) is 4.39 Å². The molecule has 2 nitrogen and oxygen atoms in total. The summed E-state index contributed by atoms with van der Waals surface area (Å²) < 4.78 is 15.6. The van der Waals surface area contributed by atoms with Gasteiger partial charge in [0.1, 0.15) is 5.82 Å². The Labute approximate surface area is 108 Å². The molecule has 0 atom stereocenters. The SMILES string of the molecule is CC.CC(C)c1ccc(-c2ccnn2C)c(F)c1. The molecule has 0 spiro atoms. The second-order valence-electron chi connectivity index (χ2n) is 4.23. The molecule has 0 unspecified atom stereocenters. The molecule has 0 fully saturated rings. The first kappa shape index (κ1) is 14.4. The molecule has 0 N–H and O–H groups in total. The normalized spacial score (nSPS) is 10.2. The summed E-state index contributed by atoms with van der Waals surface area (Å²) in [5, 5.41) is 4.04. The van der Waals surface area contributed by atoms with Crippen LogP contribution in [0.5, 0.6) is 0 Å². The number of aromatic nitrogens is 2. The number of rotatable bonds is 2. The van der Waals surface area contributed by atoms with E-state index in [4.69, 9.17) is 0 Å². The first-order chi connectivity index (χ1) is 8.59. The van der Waals surface area contributed by atoms with Gasteiger partial charge in [-0.3, -0.25) is 4.68 Å². The van der Waals surface area contributed by atoms with Crippen LogP contribution in [0.2, 0.25) is 0 Å². The quantitative estimate of drug-likeness (QED) is 0.771. The predicted octanol–water partition coefficient (Wildman–Crippen LogP) is 4.38. The highest BCUT2D eigenvalue weighted by molar-refractivity contribution is 5.60. The number of benzene rings is 1. The largest absolute Gasteiger partial charge is 0.268 e. The predicted molar refractivity (Wildman–Crippen MR) is 74.0 cm³/mol. The van der Waals surface area contributed by atoms with Crippen molar-refractivity contribution < 1.29 is 4.39 Å². The molecule has 0 bridgehead atoms. The molecule has 0 saturated heterocycles. The fourth-order valence-electron chi connectivity index (χ4n) is 1.74. The highest BCUT2D eigenvalue weighted by atomic mass is 19.1. The van der Waals surface area contributed by atoms with Crippen molar-refractivity contribution in [1.82, 2.24) is 9.78 Å². The van der Waals surface area contributed by atoms with Crippen molar-refractivity contribution in [1.29, 1.82) is 0 Å². The zero-order valence-corrected chi connectivity index (χ0v) is 11.7. The second-order valence-corrected chi connectivity index (χ2v) is 4.23. The van der Waals surface area contributed by atoms with E-state index in [1.54, 1.807) is 16.9 Å². The Hall–Kier alpha value is -1.64. The molecule has 98 valence electrons. The van der Waals surface area contributed by atoms with Gasteiger partial charge < -0.3 is 0 Å². The summed E-state index contributed by atoms with van der Waals surface area (Å²) in [7, 11) is 1.81. The van der Waals surface area contributed by atoms with Crippen molar-refractivity contribution in [3.63, 3.8) is 0 Å². The summed E-state index contributed by atoms with van der Waals surface area (Å²) in [5.74, 6) is 0.157. The Morgan fingerprint density at radius 1 is 1.17 bits per heavy atom. The van der Waals surface area contributed by atoms with Gasteiger partial charge in [0.25, 0.3) is 0 Å². The number of halogens is 1. The first-order valence-electron chi connectivity index (χ1n) is 6.37. The number of aryl methyl sites for hydroxylation is 1. The number of hydrogen-bond acceptors (Lipinski definition) is 1. The Morgan fingerprint density at radius 2 is 1.83 bits per heavy atom. The maximum absolute atomic E-state index is 13.9. The third-order valence-electron chi connectivity index (χ3n) is 2.76. The molecular weight excluding hydrogens is 227 g/mol. The van der Waals surface area contributed by atoms with Crippen LogP contribution in [0, 0.1) is 5.82 Å². The van der Waals surface area contributed by atoms with Crippen molar-refractivity contribution in [2.24, 2.45) is 7.05 Å². The van der Waals surface area contributed by atoms with Crippen molar-refractivity contribution in [2.75, 3.05) is 0 Å². The lowest BCUT2D eigenvalue weighted by Gasteiger charge is -2.08. The molecule has 0 aliphatic rings. The van der Waals surface area contributed by atoms with Gasteiger partial charge in [-0.1, -0.05) is 33.8 Å². The van der Waals surface area contributed by atoms with Gasteiger partial charge in [-0.2, -0.15) is 5.10 Å². The van der Waals surface area contributed by atoms with Crippen molar-refractivity contribution in [2.45, 2.75) is 33.6 Å². The lowest BCUT2D eigenvalue weighted by Crippen LogP contribution is -1.97. The standard InChI is InChI=1S/C13H15FN2.C2H6/c1-9(2)10-4-5-11(12(14)8-10)13-6-7-15-16(13)3;1-2/h4-9H,1-3H3;1-2H3. The molecule has 1 heterocycles. The van der Waals surface area contributed by atoms with Crippen LogP contribution < -0.4 is 0 Å². The average Bonchev–Trinajstić information content (AvgIpc) is 2.78. The lowest BCUT2D eigenvalue weighted by molar-refractivity contribution is 0.623. The summed E-state index contributed by atoms with van der Waals surface area (Å²) in [6, 6.07) is 7.21. The summed E-state index contributed by atoms with van der Waals surface area (Å²) >= 11 is 0. The van der Waals surface area contributed by atoms with Crippen LogP contribution in [-0.4, -0.2) is 9.78 Å². The van der Waals surface area contributed by atoms with Crippen LogP contribution in [0.25, 0.3) is 11.3 Å².